The smallest absolute Gasteiger partial charge is 0.150 e. The number of benzene rings is 1. The normalized spacial score (nSPS) is 14.1. The quantitative estimate of drug-likeness (QED) is 0.834. The van der Waals surface area contributed by atoms with Gasteiger partial charge in [-0.2, -0.15) is 0 Å². The highest BCUT2D eigenvalue weighted by molar-refractivity contribution is 5.61. The molecule has 0 atom stereocenters. The Bertz CT molecular complexity index is 516. The summed E-state index contributed by atoms with van der Waals surface area (Å²) in [6, 6.07) is 8.45. The number of nitrogens with two attached hydrogens (primary N) is 1. The minimum Gasteiger partial charge on any atom is -0.359 e. The van der Waals surface area contributed by atoms with Crippen molar-refractivity contribution in [3.05, 3.63) is 41.2 Å². The van der Waals surface area contributed by atoms with Crippen molar-refractivity contribution >= 4 is 0 Å². The van der Waals surface area contributed by atoms with Crippen LogP contribution in [0, 0.1) is 0 Å². The molecule has 3 nitrogen and oxygen atoms in total. The zero-order valence-corrected chi connectivity index (χ0v) is 9.07. The van der Waals surface area contributed by atoms with Crippen molar-refractivity contribution in [2.75, 3.05) is 0 Å². The highest BCUT2D eigenvalue weighted by Gasteiger charge is 2.13. The van der Waals surface area contributed by atoms with Crippen LogP contribution in [0.2, 0.25) is 0 Å². The number of fused-ring (bicyclic) bond motifs is 1. The highest BCUT2D eigenvalue weighted by atomic mass is 16.5. The van der Waals surface area contributed by atoms with Gasteiger partial charge in [0.25, 0.3) is 0 Å². The van der Waals surface area contributed by atoms with Gasteiger partial charge in [0.1, 0.15) is 5.69 Å². The molecule has 16 heavy (non-hydrogen) atoms. The zero-order chi connectivity index (χ0) is 11.0. The highest BCUT2D eigenvalue weighted by Crippen LogP contribution is 2.27. The molecule has 3 heteroatoms. The van der Waals surface area contributed by atoms with E-state index >= 15 is 0 Å². The van der Waals surface area contributed by atoms with Crippen LogP contribution in [0.5, 0.6) is 0 Å². The lowest BCUT2D eigenvalue weighted by molar-refractivity contribution is 0.387. The molecule has 0 amide bonds. The number of aromatic nitrogens is 1. The van der Waals surface area contributed by atoms with Crippen molar-refractivity contribution < 1.29 is 4.52 Å². The fraction of sp³-hybridized carbons (Fsp3) is 0.308. The summed E-state index contributed by atoms with van der Waals surface area (Å²) in [7, 11) is 0. The molecular weight excluding hydrogens is 200 g/mol. The average molecular weight is 214 g/mol. The summed E-state index contributed by atoms with van der Waals surface area (Å²) in [4.78, 5) is 0. The summed E-state index contributed by atoms with van der Waals surface area (Å²) >= 11 is 0. The Kier molecular flexibility index (Phi) is 2.26. The molecule has 0 spiro atoms. The second kappa shape index (κ2) is 3.76. The van der Waals surface area contributed by atoms with E-state index in [1.807, 2.05) is 6.07 Å². The predicted octanol–water partition coefficient (Wildman–Crippen LogP) is 2.29. The molecule has 0 saturated heterocycles. The van der Waals surface area contributed by atoms with Gasteiger partial charge < -0.3 is 10.3 Å². The van der Waals surface area contributed by atoms with Gasteiger partial charge in [0, 0.05) is 11.6 Å². The van der Waals surface area contributed by atoms with E-state index in [9.17, 15) is 0 Å². The van der Waals surface area contributed by atoms with Crippen LogP contribution in [0.15, 0.2) is 28.8 Å². The van der Waals surface area contributed by atoms with Crippen molar-refractivity contribution in [1.82, 2.24) is 5.16 Å². The van der Waals surface area contributed by atoms with Crippen LogP contribution < -0.4 is 5.73 Å². The molecule has 0 unspecified atom stereocenters. The summed E-state index contributed by atoms with van der Waals surface area (Å²) in [5.74, 6) is 0.732. The first-order chi connectivity index (χ1) is 7.86. The van der Waals surface area contributed by atoms with Gasteiger partial charge in [0.15, 0.2) is 5.76 Å². The van der Waals surface area contributed by atoms with E-state index in [4.69, 9.17) is 10.3 Å². The van der Waals surface area contributed by atoms with E-state index in [2.05, 4.69) is 23.4 Å². The largest absolute Gasteiger partial charge is 0.359 e. The summed E-state index contributed by atoms with van der Waals surface area (Å²) in [6.45, 7) is 0.401. The summed E-state index contributed by atoms with van der Waals surface area (Å²) in [5, 5.41) is 4.03. The second-order valence-corrected chi connectivity index (χ2v) is 4.22. The molecule has 1 aliphatic rings. The molecule has 0 fully saturated rings. The fourth-order valence-electron chi connectivity index (χ4n) is 2.28. The SMILES string of the molecule is NCc1cc(-c2ccc3c(c2)CCC3)no1. The van der Waals surface area contributed by atoms with Crippen molar-refractivity contribution in [2.45, 2.75) is 25.8 Å². The Morgan fingerprint density at radius 3 is 2.88 bits per heavy atom. The minimum atomic E-state index is 0.401. The average Bonchev–Trinajstić information content (AvgIpc) is 2.96. The fourth-order valence-corrected chi connectivity index (χ4v) is 2.28. The van der Waals surface area contributed by atoms with Gasteiger partial charge in [-0.3, -0.25) is 0 Å². The number of nitrogens with zero attached hydrogens (tertiary/aromatic N) is 1. The number of aryl methyl sites for hydroxylation is 2. The van der Waals surface area contributed by atoms with Crippen LogP contribution in [0.25, 0.3) is 11.3 Å². The molecule has 1 aliphatic carbocycles. The monoisotopic (exact) mass is 214 g/mol. The third-order valence-electron chi connectivity index (χ3n) is 3.15. The molecule has 0 aliphatic heterocycles. The van der Waals surface area contributed by atoms with E-state index in [0.29, 0.717) is 6.54 Å². The molecule has 1 aromatic heterocycles. The molecule has 0 bridgehead atoms. The number of hydrogen-bond acceptors (Lipinski definition) is 3. The second-order valence-electron chi connectivity index (χ2n) is 4.22. The van der Waals surface area contributed by atoms with E-state index in [1.54, 1.807) is 0 Å². The third-order valence-corrected chi connectivity index (χ3v) is 3.15. The van der Waals surface area contributed by atoms with E-state index in [-0.39, 0.29) is 0 Å². The first kappa shape index (κ1) is 9.60. The molecule has 0 radical (unpaired) electrons. The molecule has 3 rings (SSSR count). The minimum absolute atomic E-state index is 0.401. The van der Waals surface area contributed by atoms with Crippen LogP contribution in [-0.4, -0.2) is 5.16 Å². The van der Waals surface area contributed by atoms with Crippen molar-refractivity contribution in [3.8, 4) is 11.3 Å². The molecule has 0 saturated carbocycles. The van der Waals surface area contributed by atoms with Crippen LogP contribution in [0.1, 0.15) is 23.3 Å². The van der Waals surface area contributed by atoms with Crippen LogP contribution in [0.4, 0.5) is 0 Å². The molecule has 82 valence electrons. The first-order valence-electron chi connectivity index (χ1n) is 5.64. The standard InChI is InChI=1S/C13H14N2O/c14-8-12-7-13(15-16-12)11-5-4-9-2-1-3-10(9)6-11/h4-7H,1-3,8,14H2. The molecule has 2 aromatic rings. The Morgan fingerprint density at radius 1 is 1.19 bits per heavy atom. The number of hydrogen-bond donors (Lipinski definition) is 1. The lowest BCUT2D eigenvalue weighted by atomic mass is 10.0. The molecule has 2 N–H and O–H groups in total. The van der Waals surface area contributed by atoms with Gasteiger partial charge in [-0.1, -0.05) is 17.3 Å². The number of rotatable bonds is 2. The summed E-state index contributed by atoms with van der Waals surface area (Å²) < 4.78 is 5.11. The van der Waals surface area contributed by atoms with Crippen LogP contribution in [-0.2, 0) is 19.4 Å². The maximum absolute atomic E-state index is 5.50. The summed E-state index contributed by atoms with van der Waals surface area (Å²) in [5.41, 5.74) is 10.4. The Hall–Kier alpha value is -1.61. The Balaban J connectivity index is 2.00. The van der Waals surface area contributed by atoms with Gasteiger partial charge in [-0.15, -0.1) is 0 Å². The van der Waals surface area contributed by atoms with Gasteiger partial charge in [-0.25, -0.2) is 0 Å². The molecule has 1 heterocycles. The van der Waals surface area contributed by atoms with Crippen LogP contribution >= 0.6 is 0 Å². The summed E-state index contributed by atoms with van der Waals surface area (Å²) in [6.07, 6.45) is 3.67. The van der Waals surface area contributed by atoms with Gasteiger partial charge in [0.05, 0.1) is 6.54 Å². The Labute approximate surface area is 94.2 Å². The lowest BCUT2D eigenvalue weighted by Gasteiger charge is -2.01. The van der Waals surface area contributed by atoms with Gasteiger partial charge >= 0.3 is 0 Å². The Morgan fingerprint density at radius 2 is 2.06 bits per heavy atom. The van der Waals surface area contributed by atoms with Crippen molar-refractivity contribution in [3.63, 3.8) is 0 Å². The maximum Gasteiger partial charge on any atom is 0.150 e. The molecule has 1 aromatic carbocycles. The van der Waals surface area contributed by atoms with Crippen LogP contribution in [0.3, 0.4) is 0 Å². The third kappa shape index (κ3) is 1.53. The first-order valence-corrected chi connectivity index (χ1v) is 5.64. The van der Waals surface area contributed by atoms with E-state index in [1.165, 1.54) is 30.4 Å². The predicted molar refractivity (Wildman–Crippen MR) is 61.9 cm³/mol. The van der Waals surface area contributed by atoms with E-state index in [0.717, 1.165) is 17.0 Å². The lowest BCUT2D eigenvalue weighted by Crippen LogP contribution is -1.92. The van der Waals surface area contributed by atoms with Gasteiger partial charge in [0.2, 0.25) is 0 Å². The topological polar surface area (TPSA) is 52.0 Å². The van der Waals surface area contributed by atoms with E-state index < -0.39 is 0 Å². The van der Waals surface area contributed by atoms with Crippen molar-refractivity contribution in [1.29, 1.82) is 0 Å². The molecular formula is C13H14N2O. The van der Waals surface area contributed by atoms with Crippen molar-refractivity contribution in [2.24, 2.45) is 5.73 Å². The zero-order valence-electron chi connectivity index (χ0n) is 9.07. The van der Waals surface area contributed by atoms with Gasteiger partial charge in [-0.05, 0) is 36.5 Å². The maximum atomic E-state index is 5.50.